The van der Waals surface area contributed by atoms with Gasteiger partial charge in [-0.05, 0) is 45.4 Å². The maximum atomic E-state index is 9.49. The molecule has 2 nitrogen and oxygen atoms in total. The topological polar surface area (TPSA) is 29.5 Å². The molecule has 0 amide bonds. The van der Waals surface area contributed by atoms with Crippen molar-refractivity contribution in [1.82, 2.24) is 0 Å². The number of hydrogen-bond acceptors (Lipinski definition) is 2. The summed E-state index contributed by atoms with van der Waals surface area (Å²) in [6, 6.07) is 0. The maximum absolute atomic E-state index is 9.49. The van der Waals surface area contributed by atoms with Crippen molar-refractivity contribution in [3.63, 3.8) is 0 Å². The van der Waals surface area contributed by atoms with Gasteiger partial charge >= 0.3 is 0 Å². The van der Waals surface area contributed by atoms with Crippen LogP contribution in [0.25, 0.3) is 0 Å². The van der Waals surface area contributed by atoms with Crippen molar-refractivity contribution in [2.45, 2.75) is 63.8 Å². The van der Waals surface area contributed by atoms with Crippen molar-refractivity contribution in [2.24, 2.45) is 0 Å². The smallest absolute Gasteiger partial charge is 0.0723 e. The first-order valence-corrected chi connectivity index (χ1v) is 5.77. The van der Waals surface area contributed by atoms with Gasteiger partial charge in [0.25, 0.3) is 0 Å². The number of aliphatic hydroxyl groups excluding tert-OH is 1. The van der Waals surface area contributed by atoms with E-state index in [4.69, 9.17) is 4.74 Å². The Bertz CT molecular complexity index is 222. The molecule has 0 aromatic rings. The zero-order valence-corrected chi connectivity index (χ0v) is 8.91. The van der Waals surface area contributed by atoms with E-state index in [1.807, 2.05) is 6.08 Å². The third kappa shape index (κ3) is 2.58. The average molecular weight is 196 g/mol. The fraction of sp³-hybridized carbons (Fsp3) is 0.833. The van der Waals surface area contributed by atoms with Crippen LogP contribution in [0.15, 0.2) is 11.6 Å². The standard InChI is InChI=1S/C12H20O2/c1-9-5-6-12(14-9)8-10-3-2-4-11(13)7-10/h7,9,11-13H,2-6,8H2,1H3. The normalized spacial score (nSPS) is 38.4. The molecular weight excluding hydrogens is 176 g/mol. The highest BCUT2D eigenvalue weighted by atomic mass is 16.5. The molecule has 2 heteroatoms. The molecule has 1 fully saturated rings. The van der Waals surface area contributed by atoms with Crippen LogP contribution in [0.1, 0.15) is 45.4 Å². The summed E-state index contributed by atoms with van der Waals surface area (Å²) in [6.07, 6.45) is 9.35. The van der Waals surface area contributed by atoms with Crippen LogP contribution in [0.3, 0.4) is 0 Å². The molecular formula is C12H20O2. The first-order valence-electron chi connectivity index (χ1n) is 5.77. The molecule has 1 saturated heterocycles. The first kappa shape index (κ1) is 10.2. The minimum Gasteiger partial charge on any atom is -0.389 e. The Morgan fingerprint density at radius 1 is 1.43 bits per heavy atom. The Kier molecular flexibility index (Phi) is 3.24. The van der Waals surface area contributed by atoms with E-state index >= 15 is 0 Å². The van der Waals surface area contributed by atoms with Crippen LogP contribution >= 0.6 is 0 Å². The van der Waals surface area contributed by atoms with E-state index in [9.17, 15) is 5.11 Å². The highest BCUT2D eigenvalue weighted by Gasteiger charge is 2.23. The summed E-state index contributed by atoms with van der Waals surface area (Å²) in [5.41, 5.74) is 1.41. The lowest BCUT2D eigenvalue weighted by atomic mass is 9.93. The lowest BCUT2D eigenvalue weighted by molar-refractivity contribution is 0.0552. The van der Waals surface area contributed by atoms with E-state index in [1.165, 1.54) is 18.4 Å². The van der Waals surface area contributed by atoms with Gasteiger partial charge in [-0.25, -0.2) is 0 Å². The Morgan fingerprint density at radius 2 is 2.29 bits per heavy atom. The third-order valence-electron chi connectivity index (χ3n) is 3.24. The highest BCUT2D eigenvalue weighted by molar-refractivity contribution is 5.10. The van der Waals surface area contributed by atoms with E-state index in [-0.39, 0.29) is 6.10 Å². The molecule has 1 N–H and O–H groups in total. The summed E-state index contributed by atoms with van der Waals surface area (Å²) < 4.78 is 5.78. The third-order valence-corrected chi connectivity index (χ3v) is 3.24. The zero-order chi connectivity index (χ0) is 9.97. The van der Waals surface area contributed by atoms with Crippen molar-refractivity contribution in [1.29, 1.82) is 0 Å². The molecule has 0 radical (unpaired) electrons. The van der Waals surface area contributed by atoms with Crippen LogP contribution in [0.2, 0.25) is 0 Å². The molecule has 0 aromatic carbocycles. The van der Waals surface area contributed by atoms with E-state index < -0.39 is 0 Å². The Morgan fingerprint density at radius 3 is 2.93 bits per heavy atom. The minimum atomic E-state index is -0.197. The molecule has 1 aliphatic carbocycles. The predicted octanol–water partition coefficient (Wildman–Crippen LogP) is 2.42. The predicted molar refractivity (Wildman–Crippen MR) is 56.1 cm³/mol. The number of rotatable bonds is 2. The lowest BCUT2D eigenvalue weighted by Crippen LogP contribution is -2.14. The molecule has 0 saturated carbocycles. The summed E-state index contributed by atoms with van der Waals surface area (Å²) in [5.74, 6) is 0. The monoisotopic (exact) mass is 196 g/mol. The summed E-state index contributed by atoms with van der Waals surface area (Å²) in [7, 11) is 0. The number of hydrogen-bond donors (Lipinski definition) is 1. The first-order chi connectivity index (χ1) is 6.74. The molecule has 0 spiro atoms. The highest BCUT2D eigenvalue weighted by Crippen LogP contribution is 2.28. The summed E-state index contributed by atoms with van der Waals surface area (Å²) in [5, 5.41) is 9.49. The van der Waals surface area contributed by atoms with Crippen LogP contribution < -0.4 is 0 Å². The van der Waals surface area contributed by atoms with Gasteiger partial charge in [0.05, 0.1) is 18.3 Å². The van der Waals surface area contributed by atoms with E-state index in [0.717, 1.165) is 25.7 Å². The van der Waals surface area contributed by atoms with Crippen molar-refractivity contribution < 1.29 is 9.84 Å². The maximum Gasteiger partial charge on any atom is 0.0723 e. The Balaban J connectivity index is 1.85. The van der Waals surface area contributed by atoms with Gasteiger partial charge in [-0.3, -0.25) is 0 Å². The zero-order valence-electron chi connectivity index (χ0n) is 8.91. The summed E-state index contributed by atoms with van der Waals surface area (Å²) >= 11 is 0. The molecule has 3 atom stereocenters. The van der Waals surface area contributed by atoms with E-state index in [1.54, 1.807) is 0 Å². The quantitative estimate of drug-likeness (QED) is 0.687. The van der Waals surface area contributed by atoms with Crippen molar-refractivity contribution in [2.75, 3.05) is 0 Å². The van der Waals surface area contributed by atoms with Gasteiger partial charge in [0.15, 0.2) is 0 Å². The van der Waals surface area contributed by atoms with E-state index in [2.05, 4.69) is 6.92 Å². The average Bonchev–Trinajstić information content (AvgIpc) is 2.51. The molecule has 80 valence electrons. The van der Waals surface area contributed by atoms with E-state index in [0.29, 0.717) is 12.2 Å². The van der Waals surface area contributed by atoms with Crippen molar-refractivity contribution >= 4 is 0 Å². The van der Waals surface area contributed by atoms with Gasteiger partial charge in [0.2, 0.25) is 0 Å². The Hall–Kier alpha value is -0.340. The second-order valence-electron chi connectivity index (χ2n) is 4.63. The van der Waals surface area contributed by atoms with Crippen LogP contribution in [0.4, 0.5) is 0 Å². The molecule has 0 aromatic heterocycles. The molecule has 3 unspecified atom stereocenters. The molecule has 1 aliphatic heterocycles. The minimum absolute atomic E-state index is 0.197. The molecule has 2 aliphatic rings. The largest absolute Gasteiger partial charge is 0.389 e. The molecule has 2 rings (SSSR count). The fourth-order valence-electron chi connectivity index (χ4n) is 2.47. The summed E-state index contributed by atoms with van der Waals surface area (Å²) in [4.78, 5) is 0. The van der Waals surface area contributed by atoms with Crippen LogP contribution in [0.5, 0.6) is 0 Å². The number of ether oxygens (including phenoxy) is 1. The molecule has 1 heterocycles. The Labute approximate surface area is 86.0 Å². The van der Waals surface area contributed by atoms with Gasteiger partial charge in [0.1, 0.15) is 0 Å². The second kappa shape index (κ2) is 4.45. The van der Waals surface area contributed by atoms with Gasteiger partial charge in [-0.1, -0.05) is 11.6 Å². The SMILES string of the molecule is CC1CCC(CC2=CC(O)CCC2)O1. The van der Waals surface area contributed by atoms with Crippen molar-refractivity contribution in [3.8, 4) is 0 Å². The molecule has 14 heavy (non-hydrogen) atoms. The van der Waals surface area contributed by atoms with Crippen LogP contribution in [0, 0.1) is 0 Å². The van der Waals surface area contributed by atoms with Crippen LogP contribution in [-0.2, 0) is 4.74 Å². The summed E-state index contributed by atoms with van der Waals surface area (Å²) in [6.45, 7) is 2.14. The van der Waals surface area contributed by atoms with Gasteiger partial charge in [0, 0.05) is 0 Å². The number of aliphatic hydroxyl groups is 1. The second-order valence-corrected chi connectivity index (χ2v) is 4.63. The van der Waals surface area contributed by atoms with Crippen LogP contribution in [-0.4, -0.2) is 23.4 Å². The van der Waals surface area contributed by atoms with Gasteiger partial charge < -0.3 is 9.84 Å². The van der Waals surface area contributed by atoms with Gasteiger partial charge in [-0.2, -0.15) is 0 Å². The van der Waals surface area contributed by atoms with Gasteiger partial charge in [-0.15, -0.1) is 0 Å². The fourth-order valence-corrected chi connectivity index (χ4v) is 2.47. The molecule has 0 bridgehead atoms. The van der Waals surface area contributed by atoms with Crippen molar-refractivity contribution in [3.05, 3.63) is 11.6 Å². The lowest BCUT2D eigenvalue weighted by Gasteiger charge is -2.19.